The summed E-state index contributed by atoms with van der Waals surface area (Å²) in [5, 5.41) is 6.51. The second kappa shape index (κ2) is 13.0. The van der Waals surface area contributed by atoms with Gasteiger partial charge in [-0.3, -0.25) is 14.6 Å². The van der Waals surface area contributed by atoms with Gasteiger partial charge in [0.1, 0.15) is 5.82 Å². The lowest BCUT2D eigenvalue weighted by atomic mass is 10.00. The Morgan fingerprint density at radius 1 is 1.02 bits per heavy atom. The lowest BCUT2D eigenvalue weighted by Crippen LogP contribution is -2.48. The summed E-state index contributed by atoms with van der Waals surface area (Å²) < 4.78 is 14.9. The summed E-state index contributed by atoms with van der Waals surface area (Å²) in [5.41, 5.74) is 5.24. The number of rotatable bonds is 9. The molecule has 0 radical (unpaired) electrons. The number of hydrogen-bond donors (Lipinski definition) is 2. The van der Waals surface area contributed by atoms with Crippen LogP contribution in [0.3, 0.4) is 0 Å². The van der Waals surface area contributed by atoms with Gasteiger partial charge in [0.2, 0.25) is 0 Å². The van der Waals surface area contributed by atoms with Gasteiger partial charge in [0.15, 0.2) is 0 Å². The molecule has 0 saturated carbocycles. The number of nitrogens with one attached hydrogen (secondary N) is 2. The van der Waals surface area contributed by atoms with Crippen molar-refractivity contribution in [1.29, 1.82) is 0 Å². The van der Waals surface area contributed by atoms with Gasteiger partial charge in [0.05, 0.1) is 0 Å². The second-order valence-corrected chi connectivity index (χ2v) is 11.6. The van der Waals surface area contributed by atoms with E-state index in [-0.39, 0.29) is 11.7 Å². The van der Waals surface area contributed by atoms with Crippen LogP contribution in [-0.2, 0) is 19.6 Å². The fourth-order valence-electron chi connectivity index (χ4n) is 5.94. The lowest BCUT2D eigenvalue weighted by molar-refractivity contribution is 0.0950. The molecular weight excluding hydrogens is 501 g/mol. The Morgan fingerprint density at radius 2 is 1.85 bits per heavy atom. The van der Waals surface area contributed by atoms with E-state index >= 15 is 0 Å². The van der Waals surface area contributed by atoms with E-state index < -0.39 is 0 Å². The summed E-state index contributed by atoms with van der Waals surface area (Å²) >= 11 is 0. The molecule has 1 unspecified atom stereocenters. The molecule has 0 aliphatic carbocycles. The average Bonchev–Trinajstić information content (AvgIpc) is 3.39. The molecule has 7 heteroatoms. The third-order valence-corrected chi connectivity index (χ3v) is 8.19. The highest BCUT2D eigenvalue weighted by molar-refractivity contribution is 5.94. The molecule has 2 heterocycles. The quantitative estimate of drug-likeness (QED) is 0.420. The van der Waals surface area contributed by atoms with Crippen LogP contribution < -0.4 is 10.6 Å². The fourth-order valence-corrected chi connectivity index (χ4v) is 5.94. The summed E-state index contributed by atoms with van der Waals surface area (Å²) in [6, 6.07) is 22.1. The van der Waals surface area contributed by atoms with Crippen molar-refractivity contribution in [2.24, 2.45) is 0 Å². The Bertz CT molecular complexity index is 1310. The first-order valence-electron chi connectivity index (χ1n) is 14.4. The van der Waals surface area contributed by atoms with E-state index in [1.165, 1.54) is 18.1 Å². The molecule has 2 atom stereocenters. The maximum absolute atomic E-state index is 14.9. The van der Waals surface area contributed by atoms with Crippen molar-refractivity contribution in [1.82, 2.24) is 25.3 Å². The van der Waals surface area contributed by atoms with Crippen molar-refractivity contribution in [2.45, 2.75) is 45.1 Å². The summed E-state index contributed by atoms with van der Waals surface area (Å²) in [7, 11) is 4.32. The van der Waals surface area contributed by atoms with Crippen molar-refractivity contribution in [3.05, 3.63) is 94.8 Å². The average molecular weight is 544 g/mol. The number of piperazine rings is 1. The first kappa shape index (κ1) is 28.4. The largest absolute Gasteiger partial charge is 0.348 e. The minimum Gasteiger partial charge on any atom is -0.348 e. The van der Waals surface area contributed by atoms with Gasteiger partial charge in [-0.25, -0.2) is 4.39 Å². The molecule has 40 heavy (non-hydrogen) atoms. The lowest BCUT2D eigenvalue weighted by Gasteiger charge is -2.31. The van der Waals surface area contributed by atoms with E-state index in [1.807, 2.05) is 36.4 Å². The van der Waals surface area contributed by atoms with Crippen LogP contribution in [0.5, 0.6) is 0 Å². The van der Waals surface area contributed by atoms with Crippen LogP contribution >= 0.6 is 0 Å². The van der Waals surface area contributed by atoms with Crippen LogP contribution in [0.2, 0.25) is 0 Å². The maximum atomic E-state index is 14.9. The van der Waals surface area contributed by atoms with Crippen LogP contribution in [0.4, 0.5) is 4.39 Å². The van der Waals surface area contributed by atoms with Crippen LogP contribution in [0.25, 0.3) is 11.1 Å². The molecule has 0 aromatic heterocycles. The zero-order chi connectivity index (χ0) is 28.1. The molecule has 1 amide bonds. The summed E-state index contributed by atoms with van der Waals surface area (Å²) in [4.78, 5) is 20.2. The number of likely N-dealkylation sites (N-methyl/N-ethyl adjacent to an activating group) is 2. The highest BCUT2D eigenvalue weighted by Crippen LogP contribution is 2.26. The molecule has 2 aliphatic rings. The van der Waals surface area contributed by atoms with Gasteiger partial charge >= 0.3 is 0 Å². The third-order valence-electron chi connectivity index (χ3n) is 8.19. The van der Waals surface area contributed by atoms with Crippen LogP contribution in [-0.4, -0.2) is 79.5 Å². The van der Waals surface area contributed by atoms with Gasteiger partial charge in [0.25, 0.3) is 5.91 Å². The molecule has 0 spiro atoms. The van der Waals surface area contributed by atoms with E-state index in [4.69, 9.17) is 0 Å². The standard InChI is InChI=1S/C33H42FN5O/c1-24-20-39(15-13-35-24)22-27-7-4-8-28(16-27)31-18-25(10-11-32(31)34)19-36-33(40)29-9-5-6-26(17-29)21-38(3)30-12-14-37(2)23-30/h4-11,16-18,24,30,35H,12-15,19-23H2,1-3H3,(H,36,40)/t24-,30?/m0/s1. The van der Waals surface area contributed by atoms with Gasteiger partial charge in [-0.2, -0.15) is 0 Å². The van der Waals surface area contributed by atoms with Gasteiger partial charge in [-0.05, 0) is 86.6 Å². The minimum absolute atomic E-state index is 0.122. The zero-order valence-electron chi connectivity index (χ0n) is 24.0. The van der Waals surface area contributed by atoms with Crippen molar-refractivity contribution in [3.63, 3.8) is 0 Å². The molecule has 6 nitrogen and oxygen atoms in total. The van der Waals surface area contributed by atoms with Gasteiger partial charge in [-0.15, -0.1) is 0 Å². The van der Waals surface area contributed by atoms with Crippen LogP contribution in [0, 0.1) is 5.82 Å². The number of hydrogen-bond acceptors (Lipinski definition) is 5. The molecule has 2 fully saturated rings. The monoisotopic (exact) mass is 543 g/mol. The summed E-state index contributed by atoms with van der Waals surface area (Å²) in [5.74, 6) is -0.378. The van der Waals surface area contributed by atoms with Gasteiger partial charge in [0, 0.05) is 69.0 Å². The first-order chi connectivity index (χ1) is 19.3. The second-order valence-electron chi connectivity index (χ2n) is 11.6. The minimum atomic E-state index is -0.256. The Labute approximate surface area is 238 Å². The molecule has 5 rings (SSSR count). The third kappa shape index (κ3) is 7.34. The predicted octanol–water partition coefficient (Wildman–Crippen LogP) is 4.35. The molecule has 212 valence electrons. The number of carbonyl (C=O) groups excluding carboxylic acids is 1. The van der Waals surface area contributed by atoms with Crippen molar-refractivity contribution in [3.8, 4) is 11.1 Å². The molecule has 3 aromatic carbocycles. The zero-order valence-corrected chi connectivity index (χ0v) is 24.0. The normalized spacial score (nSPS) is 20.2. The number of likely N-dealkylation sites (tertiary alicyclic amines) is 1. The topological polar surface area (TPSA) is 50.9 Å². The van der Waals surface area contributed by atoms with E-state index in [1.54, 1.807) is 6.07 Å². The number of halogens is 1. The highest BCUT2D eigenvalue weighted by Gasteiger charge is 2.23. The molecule has 0 bridgehead atoms. The van der Waals surface area contributed by atoms with Gasteiger partial charge < -0.3 is 15.5 Å². The van der Waals surface area contributed by atoms with Crippen molar-refractivity contribution < 1.29 is 9.18 Å². The van der Waals surface area contributed by atoms with E-state index in [0.29, 0.717) is 29.8 Å². The Hall–Kier alpha value is -3.10. The molecule has 2 saturated heterocycles. The number of carbonyl (C=O) groups is 1. The van der Waals surface area contributed by atoms with Crippen molar-refractivity contribution in [2.75, 3.05) is 46.8 Å². The van der Waals surface area contributed by atoms with Crippen LogP contribution in [0.15, 0.2) is 66.7 Å². The highest BCUT2D eigenvalue weighted by atomic mass is 19.1. The Balaban J connectivity index is 1.21. The Kier molecular flexibility index (Phi) is 9.27. The molecule has 3 aromatic rings. The number of nitrogens with zero attached hydrogens (tertiary/aromatic N) is 3. The smallest absolute Gasteiger partial charge is 0.251 e. The predicted molar refractivity (Wildman–Crippen MR) is 160 cm³/mol. The molecule has 2 N–H and O–H groups in total. The van der Waals surface area contributed by atoms with Crippen LogP contribution in [0.1, 0.15) is 40.4 Å². The van der Waals surface area contributed by atoms with Crippen molar-refractivity contribution >= 4 is 5.91 Å². The SMILES string of the molecule is C[C@H]1CN(Cc2cccc(-c3cc(CNC(=O)c4cccc(CN(C)C5CCN(C)C5)c4)ccc3F)c2)CCN1. The molecular formula is C33H42FN5O. The first-order valence-corrected chi connectivity index (χ1v) is 14.4. The summed E-state index contributed by atoms with van der Waals surface area (Å²) in [6.45, 7) is 9.42. The Morgan fingerprint density at radius 3 is 2.65 bits per heavy atom. The maximum Gasteiger partial charge on any atom is 0.251 e. The van der Waals surface area contributed by atoms with E-state index in [0.717, 1.165) is 62.5 Å². The fraction of sp³-hybridized carbons (Fsp3) is 0.424. The van der Waals surface area contributed by atoms with Gasteiger partial charge in [-0.1, -0.05) is 36.4 Å². The van der Waals surface area contributed by atoms with E-state index in [2.05, 4.69) is 64.6 Å². The number of benzene rings is 3. The van der Waals surface area contributed by atoms with E-state index in [9.17, 15) is 9.18 Å². The summed E-state index contributed by atoms with van der Waals surface area (Å²) in [6.07, 6.45) is 1.17. The number of amides is 1. The molecule has 2 aliphatic heterocycles.